The van der Waals surface area contributed by atoms with Crippen LogP contribution in [-0.2, 0) is 40.1 Å². The highest BCUT2D eigenvalue weighted by Gasteiger charge is 2.30. The van der Waals surface area contributed by atoms with Gasteiger partial charge in [0.1, 0.15) is 18.7 Å². The molecule has 0 unspecified atom stereocenters. The third-order valence-electron chi connectivity index (χ3n) is 11.5. The number of benzene rings is 2. The molecular formula is C48H60N10O9. The zero-order valence-corrected chi connectivity index (χ0v) is 37.8. The van der Waals surface area contributed by atoms with Crippen LogP contribution in [0.1, 0.15) is 82.3 Å². The molecule has 9 amide bonds. The van der Waals surface area contributed by atoms with E-state index in [4.69, 9.17) is 21.6 Å². The number of ether oxygens (including phenoxy) is 1. The Hall–Kier alpha value is -7.57. The van der Waals surface area contributed by atoms with Gasteiger partial charge in [-0.15, -0.1) is 0 Å². The Labute approximate surface area is 389 Å². The molecule has 10 N–H and O–H groups in total. The van der Waals surface area contributed by atoms with E-state index in [0.717, 1.165) is 29.0 Å². The van der Waals surface area contributed by atoms with E-state index in [0.29, 0.717) is 55.6 Å². The van der Waals surface area contributed by atoms with E-state index in [1.807, 2.05) is 24.3 Å². The molecule has 0 aromatic heterocycles. The maximum atomic E-state index is 13.6. The first-order chi connectivity index (χ1) is 32.1. The van der Waals surface area contributed by atoms with E-state index in [1.165, 1.54) is 18.2 Å². The number of allylic oxidation sites excluding steroid dienone is 4. The number of anilines is 2. The van der Waals surface area contributed by atoms with E-state index in [9.17, 15) is 38.4 Å². The third-order valence-corrected chi connectivity index (χ3v) is 11.5. The van der Waals surface area contributed by atoms with E-state index < -0.39 is 41.9 Å². The minimum absolute atomic E-state index is 0.000330. The lowest BCUT2D eigenvalue weighted by atomic mass is 9.90. The number of nitrogens with one attached hydrogen (secondary N) is 6. The van der Waals surface area contributed by atoms with Gasteiger partial charge in [0.25, 0.3) is 17.7 Å². The highest BCUT2D eigenvalue weighted by molar-refractivity contribution is 6.28. The molecule has 19 heteroatoms. The van der Waals surface area contributed by atoms with Crippen molar-refractivity contribution in [3.05, 3.63) is 107 Å². The average Bonchev–Trinajstić information content (AvgIpc) is 3.63. The smallest absolute Gasteiger partial charge is 0.410 e. The summed E-state index contributed by atoms with van der Waals surface area (Å²) in [6, 6.07) is 11.9. The molecule has 1 saturated heterocycles. The maximum absolute atomic E-state index is 13.6. The van der Waals surface area contributed by atoms with Gasteiger partial charge >= 0.3 is 12.1 Å². The first-order valence-corrected chi connectivity index (χ1v) is 22.4. The molecule has 67 heavy (non-hydrogen) atoms. The van der Waals surface area contributed by atoms with Crippen molar-refractivity contribution in [1.29, 1.82) is 5.41 Å². The summed E-state index contributed by atoms with van der Waals surface area (Å²) in [4.78, 5) is 102. The first kappa shape index (κ1) is 50.4. The van der Waals surface area contributed by atoms with Gasteiger partial charge in [-0.25, -0.2) is 9.59 Å². The van der Waals surface area contributed by atoms with Crippen LogP contribution in [-0.4, -0.2) is 101 Å². The molecule has 1 fully saturated rings. The Morgan fingerprint density at radius 1 is 0.866 bits per heavy atom. The van der Waals surface area contributed by atoms with Crippen LogP contribution in [0.4, 0.5) is 21.0 Å². The number of rotatable bonds is 22. The summed E-state index contributed by atoms with van der Waals surface area (Å²) < 4.78 is 5.68. The molecule has 2 aliphatic heterocycles. The Morgan fingerprint density at radius 2 is 1.57 bits per heavy atom. The minimum atomic E-state index is -1.04. The molecule has 3 atom stereocenters. The van der Waals surface area contributed by atoms with Crippen LogP contribution in [0.3, 0.4) is 0 Å². The second-order valence-corrected chi connectivity index (χ2v) is 16.8. The SMILES string of the molecule is CC(C)[C@H](NC(=O)CCCCCN1C(=O)C=CC1=O)C(=O)N[C@@H](CCCNC(N)=O)C(=O)Nc1ccc(COC(=O)N2CCC[C@@H](c3ccc(N/C=C4/C=CC=C(C(N)=O)C4=N)cc3)C2)cc1. The molecule has 356 valence electrons. The summed E-state index contributed by atoms with van der Waals surface area (Å²) >= 11 is 0. The zero-order valence-electron chi connectivity index (χ0n) is 37.8. The zero-order chi connectivity index (χ0) is 48.5. The van der Waals surface area contributed by atoms with Gasteiger partial charge in [-0.05, 0) is 85.9 Å². The van der Waals surface area contributed by atoms with Crippen molar-refractivity contribution in [2.24, 2.45) is 17.4 Å². The Morgan fingerprint density at radius 3 is 2.24 bits per heavy atom. The largest absolute Gasteiger partial charge is 0.445 e. The molecule has 3 aliphatic rings. The van der Waals surface area contributed by atoms with Gasteiger partial charge in [-0.3, -0.25) is 39.1 Å². The summed E-state index contributed by atoms with van der Waals surface area (Å²) in [5, 5.41) is 22.2. The van der Waals surface area contributed by atoms with Crippen molar-refractivity contribution in [2.75, 3.05) is 36.8 Å². The van der Waals surface area contributed by atoms with Gasteiger partial charge < -0.3 is 47.7 Å². The molecular weight excluding hydrogens is 861 g/mol. The topological polar surface area (TPSA) is 288 Å². The van der Waals surface area contributed by atoms with Gasteiger partial charge in [0.15, 0.2) is 0 Å². The van der Waals surface area contributed by atoms with Gasteiger partial charge in [0, 0.05) is 73.8 Å². The van der Waals surface area contributed by atoms with Gasteiger partial charge in [0.05, 0.1) is 11.3 Å². The van der Waals surface area contributed by atoms with Crippen molar-refractivity contribution < 1.29 is 43.1 Å². The summed E-state index contributed by atoms with van der Waals surface area (Å²) in [6.07, 6.45) is 12.4. The summed E-state index contributed by atoms with van der Waals surface area (Å²) in [5.74, 6) is -3.03. The van der Waals surface area contributed by atoms with Crippen LogP contribution in [0, 0.1) is 11.3 Å². The average molecular weight is 921 g/mol. The van der Waals surface area contributed by atoms with Crippen molar-refractivity contribution >= 4 is 64.7 Å². The number of hydrogen-bond donors (Lipinski definition) is 8. The number of amides is 9. The summed E-state index contributed by atoms with van der Waals surface area (Å²) in [7, 11) is 0. The predicted octanol–water partition coefficient (Wildman–Crippen LogP) is 4.00. The highest BCUT2D eigenvalue weighted by atomic mass is 16.6. The van der Waals surface area contributed by atoms with Gasteiger partial charge in [-0.2, -0.15) is 0 Å². The van der Waals surface area contributed by atoms with Crippen LogP contribution in [0.2, 0.25) is 0 Å². The number of carbonyl (C=O) groups is 8. The second-order valence-electron chi connectivity index (χ2n) is 16.8. The first-order valence-electron chi connectivity index (χ1n) is 22.4. The van der Waals surface area contributed by atoms with E-state index >= 15 is 0 Å². The standard InChI is InChI=1S/C48H60N10O9/c1-30(2)43(56-39(59)13-4-3-5-26-58-40(60)22-23-41(58)61)46(64)55-38(12-7-24-52-47(51)65)45(63)54-36-18-14-31(15-19-36)29-67-48(66)57-25-8-10-34(28-57)32-16-20-35(21-17-32)53-27-33-9-6-11-37(42(33)49)44(50)62/h6,9,11,14-23,27,30,34,38,43,49,53H,3-5,7-8,10,12-13,24-26,28-29H2,1-2H3,(H2,50,62)(H,54,63)(H,55,64)(H,56,59)(H3,51,52,65)/b33-27-,49-42?/t34-,38+,43+/m1/s1. The molecule has 2 heterocycles. The van der Waals surface area contributed by atoms with Crippen LogP contribution in [0.15, 0.2) is 96.3 Å². The number of hydrogen-bond acceptors (Lipinski definition) is 11. The van der Waals surface area contributed by atoms with Crippen LogP contribution in [0.25, 0.3) is 0 Å². The van der Waals surface area contributed by atoms with Crippen LogP contribution >= 0.6 is 0 Å². The predicted molar refractivity (Wildman–Crippen MR) is 251 cm³/mol. The number of nitrogens with two attached hydrogens (primary N) is 2. The van der Waals surface area contributed by atoms with Crippen molar-refractivity contribution in [1.82, 2.24) is 25.8 Å². The number of unbranched alkanes of at least 4 members (excludes halogenated alkanes) is 2. The molecule has 2 aromatic rings. The quantitative estimate of drug-likeness (QED) is 0.0621. The van der Waals surface area contributed by atoms with E-state index in [-0.39, 0.29) is 73.4 Å². The lowest BCUT2D eigenvalue weighted by molar-refractivity contribution is -0.137. The molecule has 0 spiro atoms. The molecule has 19 nitrogen and oxygen atoms in total. The molecule has 0 saturated carbocycles. The van der Waals surface area contributed by atoms with Crippen LogP contribution in [0.5, 0.6) is 0 Å². The van der Waals surface area contributed by atoms with Crippen molar-refractivity contribution in [3.63, 3.8) is 0 Å². The Bertz CT molecular complexity index is 2290. The Kier molecular flexibility index (Phi) is 18.5. The monoisotopic (exact) mass is 920 g/mol. The number of piperidine rings is 1. The number of urea groups is 1. The summed E-state index contributed by atoms with van der Waals surface area (Å²) in [6.45, 7) is 5.00. The highest BCUT2D eigenvalue weighted by Crippen LogP contribution is 2.29. The fourth-order valence-corrected chi connectivity index (χ4v) is 7.69. The van der Waals surface area contributed by atoms with Crippen molar-refractivity contribution in [2.45, 2.75) is 89.8 Å². The van der Waals surface area contributed by atoms with Gasteiger partial charge in [-0.1, -0.05) is 56.7 Å². The number of nitrogens with zero attached hydrogens (tertiary/aromatic N) is 2. The molecule has 1 aliphatic carbocycles. The molecule has 5 rings (SSSR count). The van der Waals surface area contributed by atoms with Crippen molar-refractivity contribution in [3.8, 4) is 0 Å². The second kappa shape index (κ2) is 24.6. The third kappa shape index (κ3) is 15.3. The number of primary amides is 2. The molecule has 0 bridgehead atoms. The number of carbonyl (C=O) groups excluding carboxylic acids is 8. The van der Waals surface area contributed by atoms with Crippen LogP contribution < -0.4 is 38.1 Å². The summed E-state index contributed by atoms with van der Waals surface area (Å²) in [5.41, 5.74) is 14.3. The Balaban J connectivity index is 1.08. The number of imide groups is 1. The van der Waals surface area contributed by atoms with Gasteiger partial charge in [0.2, 0.25) is 17.7 Å². The maximum Gasteiger partial charge on any atom is 0.410 e. The lowest BCUT2D eigenvalue weighted by Gasteiger charge is -2.32. The minimum Gasteiger partial charge on any atom is -0.445 e. The van der Waals surface area contributed by atoms with E-state index in [1.54, 1.807) is 61.4 Å². The molecule has 2 aromatic carbocycles. The number of likely N-dealkylation sites (tertiary alicyclic amines) is 1. The fraction of sp³-hybridized carbons (Fsp3) is 0.396. The normalized spacial score (nSPS) is 17.2. The van der Waals surface area contributed by atoms with E-state index in [2.05, 4.69) is 26.6 Å². The fourth-order valence-electron chi connectivity index (χ4n) is 7.69. The lowest BCUT2D eigenvalue weighted by Crippen LogP contribution is -2.54. The molecule has 0 radical (unpaired) electrons.